The van der Waals surface area contributed by atoms with Crippen molar-refractivity contribution in [3.63, 3.8) is 0 Å². The lowest BCUT2D eigenvalue weighted by atomic mass is 9.98. The van der Waals surface area contributed by atoms with Crippen LogP contribution in [0.5, 0.6) is 0 Å². The second-order valence-electron chi connectivity index (χ2n) is 7.16. The Labute approximate surface area is 141 Å². The van der Waals surface area contributed by atoms with Crippen LogP contribution in [-0.4, -0.2) is 36.8 Å². The highest BCUT2D eigenvalue weighted by atomic mass is 32.2. The van der Waals surface area contributed by atoms with E-state index in [0.29, 0.717) is 18.0 Å². The fourth-order valence-electron chi connectivity index (χ4n) is 2.73. The molecule has 0 saturated carbocycles. The molecule has 2 N–H and O–H groups in total. The second-order valence-corrected chi connectivity index (χ2v) is 10.1. The summed E-state index contributed by atoms with van der Waals surface area (Å²) in [6, 6.07) is 5.14. The molecular formula is C16H23N3O2S2. The number of benzene rings is 1. The van der Waals surface area contributed by atoms with E-state index in [-0.39, 0.29) is 11.5 Å². The minimum absolute atomic E-state index is 0.0393. The Morgan fingerprint density at radius 3 is 2.74 bits per heavy atom. The van der Waals surface area contributed by atoms with Gasteiger partial charge in [0.15, 0.2) is 0 Å². The number of rotatable bonds is 2. The van der Waals surface area contributed by atoms with Crippen LogP contribution in [0, 0.1) is 0 Å². The maximum absolute atomic E-state index is 12.8. The Balaban J connectivity index is 1.99. The Kier molecular flexibility index (Phi) is 4.25. The fraction of sp³-hybridized carbons (Fsp3) is 0.562. The number of piperidine rings is 1. The van der Waals surface area contributed by atoms with E-state index in [1.54, 1.807) is 29.5 Å². The molecule has 1 aromatic heterocycles. The zero-order valence-corrected chi connectivity index (χ0v) is 15.4. The molecule has 2 heterocycles. The van der Waals surface area contributed by atoms with Crippen LogP contribution in [-0.2, 0) is 15.4 Å². The summed E-state index contributed by atoms with van der Waals surface area (Å²) in [5.41, 5.74) is 6.74. The normalized spacial score (nSPS) is 21.0. The van der Waals surface area contributed by atoms with Gasteiger partial charge in [-0.05, 0) is 31.0 Å². The molecule has 0 spiro atoms. The van der Waals surface area contributed by atoms with Crippen LogP contribution < -0.4 is 5.73 Å². The molecule has 1 aliphatic rings. The molecule has 1 aliphatic heterocycles. The van der Waals surface area contributed by atoms with Crippen LogP contribution in [0.15, 0.2) is 23.1 Å². The number of sulfonamides is 1. The van der Waals surface area contributed by atoms with Gasteiger partial charge in [0.2, 0.25) is 10.0 Å². The van der Waals surface area contributed by atoms with E-state index in [1.165, 1.54) is 4.31 Å². The highest BCUT2D eigenvalue weighted by molar-refractivity contribution is 7.89. The number of thiazole rings is 1. The molecule has 0 radical (unpaired) electrons. The Morgan fingerprint density at radius 1 is 1.35 bits per heavy atom. The molecule has 126 valence electrons. The number of fused-ring (bicyclic) bond motifs is 1. The van der Waals surface area contributed by atoms with Crippen LogP contribution in [0.3, 0.4) is 0 Å². The summed E-state index contributed by atoms with van der Waals surface area (Å²) in [5.74, 6) is 0. The van der Waals surface area contributed by atoms with Gasteiger partial charge >= 0.3 is 0 Å². The van der Waals surface area contributed by atoms with Gasteiger partial charge in [0, 0.05) is 24.5 Å². The second kappa shape index (κ2) is 5.81. The molecule has 7 heteroatoms. The molecule has 1 atom stereocenters. The molecule has 1 saturated heterocycles. The zero-order chi connectivity index (χ0) is 16.8. The lowest BCUT2D eigenvalue weighted by Gasteiger charge is -2.29. The minimum atomic E-state index is -3.48. The maximum atomic E-state index is 12.8. The van der Waals surface area contributed by atoms with Crippen molar-refractivity contribution in [3.05, 3.63) is 23.2 Å². The largest absolute Gasteiger partial charge is 0.327 e. The van der Waals surface area contributed by atoms with Gasteiger partial charge in [0.1, 0.15) is 0 Å². The number of aromatic nitrogens is 1. The van der Waals surface area contributed by atoms with Gasteiger partial charge in [0.25, 0.3) is 0 Å². The van der Waals surface area contributed by atoms with Crippen LogP contribution in [0.2, 0.25) is 0 Å². The molecule has 0 aliphatic carbocycles. The van der Waals surface area contributed by atoms with E-state index in [4.69, 9.17) is 5.73 Å². The molecule has 0 amide bonds. The fourth-order valence-corrected chi connectivity index (χ4v) is 5.43. The van der Waals surface area contributed by atoms with Crippen molar-refractivity contribution in [3.8, 4) is 0 Å². The van der Waals surface area contributed by atoms with Gasteiger partial charge in [-0.15, -0.1) is 11.3 Å². The van der Waals surface area contributed by atoms with Crippen LogP contribution in [0.4, 0.5) is 0 Å². The summed E-state index contributed by atoms with van der Waals surface area (Å²) in [6.07, 6.45) is 1.70. The Bertz CT molecular complexity index is 821. The van der Waals surface area contributed by atoms with E-state index in [2.05, 4.69) is 25.8 Å². The first kappa shape index (κ1) is 16.8. The number of hydrogen-bond donors (Lipinski definition) is 1. The van der Waals surface area contributed by atoms with Crippen molar-refractivity contribution < 1.29 is 8.42 Å². The van der Waals surface area contributed by atoms with Gasteiger partial charge in [-0.3, -0.25) is 0 Å². The predicted octanol–water partition coefficient (Wildman–Crippen LogP) is 2.71. The van der Waals surface area contributed by atoms with E-state index >= 15 is 0 Å². The highest BCUT2D eigenvalue weighted by Crippen LogP contribution is 2.33. The molecule has 1 unspecified atom stereocenters. The third-order valence-corrected chi connectivity index (χ3v) is 7.36. The van der Waals surface area contributed by atoms with Crippen molar-refractivity contribution in [2.24, 2.45) is 5.73 Å². The average Bonchev–Trinajstić information content (AvgIpc) is 2.90. The van der Waals surface area contributed by atoms with Crippen molar-refractivity contribution >= 4 is 31.6 Å². The summed E-state index contributed by atoms with van der Waals surface area (Å²) in [7, 11) is -3.48. The quantitative estimate of drug-likeness (QED) is 0.900. The summed E-state index contributed by atoms with van der Waals surface area (Å²) in [5, 5.41) is 1.02. The SMILES string of the molecule is CC(C)(C)c1nc2ccc(S(=O)(=O)N3CCCC(N)C3)cc2s1. The highest BCUT2D eigenvalue weighted by Gasteiger charge is 2.29. The smallest absolute Gasteiger partial charge is 0.243 e. The minimum Gasteiger partial charge on any atom is -0.327 e. The van der Waals surface area contributed by atoms with Gasteiger partial charge in [-0.1, -0.05) is 20.8 Å². The third-order valence-electron chi connectivity index (χ3n) is 4.06. The first-order chi connectivity index (χ1) is 10.7. The summed E-state index contributed by atoms with van der Waals surface area (Å²) in [6.45, 7) is 7.27. The zero-order valence-electron chi connectivity index (χ0n) is 13.7. The van der Waals surface area contributed by atoms with Crippen molar-refractivity contribution in [2.45, 2.75) is 50.0 Å². The van der Waals surface area contributed by atoms with Crippen LogP contribution in [0.25, 0.3) is 10.2 Å². The van der Waals surface area contributed by atoms with Gasteiger partial charge in [-0.2, -0.15) is 4.31 Å². The molecule has 23 heavy (non-hydrogen) atoms. The van der Waals surface area contributed by atoms with E-state index in [1.807, 2.05) is 0 Å². The lowest BCUT2D eigenvalue weighted by molar-refractivity contribution is 0.316. The molecule has 5 nitrogen and oxygen atoms in total. The van der Waals surface area contributed by atoms with Gasteiger partial charge in [0.05, 0.1) is 20.1 Å². The van der Waals surface area contributed by atoms with Crippen molar-refractivity contribution in [1.82, 2.24) is 9.29 Å². The first-order valence-corrected chi connectivity index (χ1v) is 10.1. The van der Waals surface area contributed by atoms with Crippen LogP contribution >= 0.6 is 11.3 Å². The number of nitrogens with zero attached hydrogens (tertiary/aromatic N) is 2. The van der Waals surface area contributed by atoms with E-state index < -0.39 is 10.0 Å². The first-order valence-electron chi connectivity index (χ1n) is 7.85. The summed E-state index contributed by atoms with van der Waals surface area (Å²) < 4.78 is 28.1. The van der Waals surface area contributed by atoms with Crippen molar-refractivity contribution in [2.75, 3.05) is 13.1 Å². The molecule has 1 fully saturated rings. The molecule has 2 aromatic rings. The number of hydrogen-bond acceptors (Lipinski definition) is 5. The monoisotopic (exact) mass is 353 g/mol. The summed E-state index contributed by atoms with van der Waals surface area (Å²) >= 11 is 1.56. The van der Waals surface area contributed by atoms with E-state index in [9.17, 15) is 8.42 Å². The summed E-state index contributed by atoms with van der Waals surface area (Å²) in [4.78, 5) is 4.96. The average molecular weight is 354 g/mol. The number of nitrogens with two attached hydrogens (primary N) is 1. The van der Waals surface area contributed by atoms with Gasteiger partial charge in [-0.25, -0.2) is 13.4 Å². The molecular weight excluding hydrogens is 330 g/mol. The molecule has 3 rings (SSSR count). The third kappa shape index (κ3) is 3.28. The van der Waals surface area contributed by atoms with Gasteiger partial charge < -0.3 is 5.73 Å². The predicted molar refractivity (Wildman–Crippen MR) is 94.3 cm³/mol. The van der Waals surface area contributed by atoms with Crippen molar-refractivity contribution in [1.29, 1.82) is 0 Å². The molecule has 0 bridgehead atoms. The Morgan fingerprint density at radius 2 is 2.09 bits per heavy atom. The molecule has 1 aromatic carbocycles. The Hall–Kier alpha value is -1.02. The topological polar surface area (TPSA) is 76.3 Å². The lowest BCUT2D eigenvalue weighted by Crippen LogP contribution is -2.45. The maximum Gasteiger partial charge on any atom is 0.243 e. The standard InChI is InChI=1S/C16H23N3O2S2/c1-16(2,3)15-18-13-7-6-12(9-14(13)22-15)23(20,21)19-8-4-5-11(17)10-19/h6-7,9,11H,4-5,8,10,17H2,1-3H3. The van der Waals surface area contributed by atoms with E-state index in [0.717, 1.165) is 28.1 Å². The van der Waals surface area contributed by atoms with Crippen LogP contribution in [0.1, 0.15) is 38.6 Å².